The molecule has 2 amide bonds. The first-order valence-corrected chi connectivity index (χ1v) is 5.81. The third-order valence-electron chi connectivity index (χ3n) is 2.11. The number of carbonyl (C=O) groups is 2. The second kappa shape index (κ2) is 5.48. The molecule has 98 valence electrons. The fraction of sp³-hybridized carbons (Fsp3) is 0. The Morgan fingerprint density at radius 2 is 1.95 bits per heavy atom. The van der Waals surface area contributed by atoms with Crippen molar-refractivity contribution in [2.45, 2.75) is 0 Å². The number of hydrogen-bond donors (Lipinski definition) is 3. The zero-order chi connectivity index (χ0) is 13.8. The van der Waals surface area contributed by atoms with Crippen molar-refractivity contribution in [1.29, 1.82) is 0 Å². The molecule has 0 radical (unpaired) electrons. The van der Waals surface area contributed by atoms with Gasteiger partial charge in [0.05, 0.1) is 0 Å². The summed E-state index contributed by atoms with van der Waals surface area (Å²) in [5, 5.41) is 6.55. The summed E-state index contributed by atoms with van der Waals surface area (Å²) in [5.74, 6) is -1.36. The van der Waals surface area contributed by atoms with Crippen molar-refractivity contribution >= 4 is 33.6 Å². The molecule has 4 N–H and O–H groups in total. The molecule has 0 spiro atoms. The smallest absolute Gasteiger partial charge is 0.295 e. The number of nitrogens with one attached hydrogen (secondary N) is 2. The Labute approximate surface area is 115 Å². The van der Waals surface area contributed by atoms with Crippen LogP contribution in [0.3, 0.4) is 0 Å². The molecule has 0 atom stereocenters. The Kier molecular flexibility index (Phi) is 3.76. The van der Waals surface area contributed by atoms with Gasteiger partial charge in [-0.2, -0.15) is 0 Å². The number of anilines is 1. The van der Waals surface area contributed by atoms with E-state index in [-0.39, 0.29) is 11.5 Å². The van der Waals surface area contributed by atoms with Crippen LogP contribution in [0.2, 0.25) is 0 Å². The van der Waals surface area contributed by atoms with E-state index in [1.54, 1.807) is 24.3 Å². The lowest BCUT2D eigenvalue weighted by molar-refractivity contribution is 0.0841. The SMILES string of the molecule is Nc1nonc1C(=O)NNC(=O)c1cccc(Br)c1. The van der Waals surface area contributed by atoms with Crippen LogP contribution in [0.1, 0.15) is 20.8 Å². The number of nitrogen functional groups attached to an aromatic ring is 1. The Morgan fingerprint density at radius 3 is 2.58 bits per heavy atom. The minimum atomic E-state index is -0.720. The van der Waals surface area contributed by atoms with Crippen molar-refractivity contribution in [2.24, 2.45) is 0 Å². The third-order valence-corrected chi connectivity index (χ3v) is 2.60. The van der Waals surface area contributed by atoms with E-state index in [0.29, 0.717) is 5.56 Å². The van der Waals surface area contributed by atoms with Crippen LogP contribution in [-0.2, 0) is 0 Å². The van der Waals surface area contributed by atoms with Crippen molar-refractivity contribution < 1.29 is 14.2 Å². The number of aromatic nitrogens is 2. The number of amides is 2. The molecular formula is C10H8BrN5O3. The van der Waals surface area contributed by atoms with Crippen molar-refractivity contribution in [3.05, 3.63) is 40.0 Å². The standard InChI is InChI=1S/C10H8BrN5O3/c11-6-3-1-2-5(4-6)9(17)13-14-10(18)7-8(12)16-19-15-7/h1-4H,(H2,12,16)(H,13,17)(H,14,18). The van der Waals surface area contributed by atoms with Gasteiger partial charge in [0.1, 0.15) is 0 Å². The average Bonchev–Trinajstić information content (AvgIpc) is 2.82. The number of rotatable bonds is 2. The molecule has 9 heteroatoms. The van der Waals surface area contributed by atoms with E-state index < -0.39 is 11.8 Å². The van der Waals surface area contributed by atoms with Gasteiger partial charge in [0.15, 0.2) is 0 Å². The maximum absolute atomic E-state index is 11.7. The highest BCUT2D eigenvalue weighted by atomic mass is 79.9. The van der Waals surface area contributed by atoms with Gasteiger partial charge >= 0.3 is 0 Å². The molecule has 0 unspecified atom stereocenters. The number of hydrazine groups is 1. The van der Waals surface area contributed by atoms with Crippen molar-refractivity contribution in [2.75, 3.05) is 5.73 Å². The van der Waals surface area contributed by atoms with Crippen LogP contribution < -0.4 is 16.6 Å². The molecular weight excluding hydrogens is 318 g/mol. The van der Waals surface area contributed by atoms with Crippen molar-refractivity contribution in [1.82, 2.24) is 21.2 Å². The summed E-state index contributed by atoms with van der Waals surface area (Å²) in [6, 6.07) is 6.67. The first kappa shape index (κ1) is 13.0. The fourth-order valence-corrected chi connectivity index (χ4v) is 1.63. The second-order valence-corrected chi connectivity index (χ2v) is 4.33. The summed E-state index contributed by atoms with van der Waals surface area (Å²) < 4.78 is 5.02. The minimum absolute atomic E-state index is 0.158. The Morgan fingerprint density at radius 1 is 1.21 bits per heavy atom. The van der Waals surface area contributed by atoms with Crippen LogP contribution in [-0.4, -0.2) is 22.1 Å². The maximum atomic E-state index is 11.7. The monoisotopic (exact) mass is 325 g/mol. The van der Waals surface area contributed by atoms with Gasteiger partial charge in [-0.25, -0.2) is 4.63 Å². The zero-order valence-corrected chi connectivity index (χ0v) is 11.0. The fourth-order valence-electron chi connectivity index (χ4n) is 1.23. The van der Waals surface area contributed by atoms with Crippen LogP contribution in [0.25, 0.3) is 0 Å². The second-order valence-electron chi connectivity index (χ2n) is 3.42. The Bertz CT molecular complexity index is 627. The van der Waals surface area contributed by atoms with E-state index in [9.17, 15) is 9.59 Å². The van der Waals surface area contributed by atoms with Gasteiger partial charge in [0, 0.05) is 10.0 Å². The molecule has 0 aliphatic heterocycles. The first-order valence-electron chi connectivity index (χ1n) is 5.02. The molecule has 0 bridgehead atoms. The van der Waals surface area contributed by atoms with Gasteiger partial charge < -0.3 is 5.73 Å². The van der Waals surface area contributed by atoms with Crippen LogP contribution in [0.5, 0.6) is 0 Å². The lowest BCUT2D eigenvalue weighted by atomic mass is 10.2. The van der Waals surface area contributed by atoms with Crippen molar-refractivity contribution in [3.63, 3.8) is 0 Å². The van der Waals surface area contributed by atoms with Crippen LogP contribution in [0.4, 0.5) is 5.82 Å². The van der Waals surface area contributed by atoms with Gasteiger partial charge in [-0.3, -0.25) is 20.4 Å². The molecule has 1 heterocycles. The highest BCUT2D eigenvalue weighted by Crippen LogP contribution is 2.11. The molecule has 0 fully saturated rings. The number of carbonyl (C=O) groups excluding carboxylic acids is 2. The van der Waals surface area contributed by atoms with E-state index in [2.05, 4.69) is 41.7 Å². The van der Waals surface area contributed by atoms with E-state index in [0.717, 1.165) is 4.47 Å². The Balaban J connectivity index is 1.98. The van der Waals surface area contributed by atoms with Gasteiger partial charge in [-0.1, -0.05) is 22.0 Å². The predicted molar refractivity (Wildman–Crippen MR) is 67.8 cm³/mol. The quantitative estimate of drug-likeness (QED) is 0.690. The van der Waals surface area contributed by atoms with E-state index >= 15 is 0 Å². The number of hydrogen-bond acceptors (Lipinski definition) is 6. The normalized spacial score (nSPS) is 9.95. The van der Waals surface area contributed by atoms with Crippen LogP contribution in [0.15, 0.2) is 33.4 Å². The van der Waals surface area contributed by atoms with Gasteiger partial charge in [-0.05, 0) is 28.5 Å². The molecule has 0 saturated carbocycles. The maximum Gasteiger partial charge on any atom is 0.295 e. The van der Waals surface area contributed by atoms with E-state index in [1.807, 2.05) is 0 Å². The van der Waals surface area contributed by atoms with Crippen LogP contribution in [0, 0.1) is 0 Å². The summed E-state index contributed by atoms with van der Waals surface area (Å²) in [6.07, 6.45) is 0. The summed E-state index contributed by atoms with van der Waals surface area (Å²) in [4.78, 5) is 23.3. The molecule has 1 aromatic carbocycles. The van der Waals surface area contributed by atoms with Gasteiger partial charge in [0.25, 0.3) is 11.8 Å². The van der Waals surface area contributed by atoms with E-state index in [4.69, 9.17) is 5.73 Å². The van der Waals surface area contributed by atoms with Crippen molar-refractivity contribution in [3.8, 4) is 0 Å². The zero-order valence-electron chi connectivity index (χ0n) is 9.38. The average molecular weight is 326 g/mol. The first-order chi connectivity index (χ1) is 9.08. The largest absolute Gasteiger partial charge is 0.379 e. The van der Waals surface area contributed by atoms with Gasteiger partial charge in [0.2, 0.25) is 11.5 Å². The highest BCUT2D eigenvalue weighted by molar-refractivity contribution is 9.10. The molecule has 8 nitrogen and oxygen atoms in total. The van der Waals surface area contributed by atoms with Gasteiger partial charge in [-0.15, -0.1) is 0 Å². The summed E-state index contributed by atoms with van der Waals surface area (Å²) in [7, 11) is 0. The molecule has 0 aliphatic carbocycles. The summed E-state index contributed by atoms with van der Waals surface area (Å²) >= 11 is 3.24. The lowest BCUT2D eigenvalue weighted by Gasteiger charge is -2.05. The molecule has 0 aliphatic rings. The van der Waals surface area contributed by atoms with Crippen LogP contribution >= 0.6 is 15.9 Å². The number of benzene rings is 1. The minimum Gasteiger partial charge on any atom is -0.379 e. The molecule has 0 saturated heterocycles. The number of nitrogens with two attached hydrogens (primary N) is 1. The number of nitrogens with zero attached hydrogens (tertiary/aromatic N) is 2. The summed E-state index contributed by atoms with van der Waals surface area (Å²) in [5.41, 5.74) is 9.87. The summed E-state index contributed by atoms with van der Waals surface area (Å²) in [6.45, 7) is 0. The predicted octanol–water partition coefficient (Wildman–Crippen LogP) is 0.489. The number of halogens is 1. The molecule has 19 heavy (non-hydrogen) atoms. The topological polar surface area (TPSA) is 123 Å². The lowest BCUT2D eigenvalue weighted by Crippen LogP contribution is -2.42. The van der Waals surface area contributed by atoms with E-state index in [1.165, 1.54) is 0 Å². The Hall–Kier alpha value is -2.42. The molecule has 2 rings (SSSR count). The highest BCUT2D eigenvalue weighted by Gasteiger charge is 2.16. The molecule has 2 aromatic rings. The molecule has 1 aromatic heterocycles. The third kappa shape index (κ3) is 3.07.